The van der Waals surface area contributed by atoms with Gasteiger partial charge in [-0.15, -0.1) is 0 Å². The third-order valence-electron chi connectivity index (χ3n) is 2.64. The Balaban J connectivity index is 2.30. The van der Waals surface area contributed by atoms with Crippen LogP contribution in [0, 0.1) is 5.82 Å². The summed E-state index contributed by atoms with van der Waals surface area (Å²) in [6.45, 7) is 2.42. The second-order valence-electron chi connectivity index (χ2n) is 4.41. The van der Waals surface area contributed by atoms with E-state index in [1.54, 1.807) is 6.07 Å². The fraction of sp³-hybridized carbons (Fsp3) is 0.375. The molecule has 0 saturated heterocycles. The summed E-state index contributed by atoms with van der Waals surface area (Å²) in [4.78, 5) is 22.7. The van der Waals surface area contributed by atoms with Crippen molar-refractivity contribution in [3.8, 4) is 5.75 Å². The van der Waals surface area contributed by atoms with Gasteiger partial charge in [0.1, 0.15) is 0 Å². The number of rotatable bonds is 8. The van der Waals surface area contributed by atoms with Gasteiger partial charge in [0.25, 0.3) is 0 Å². The molecule has 0 fully saturated rings. The number of benzene rings is 1. The molecule has 21 heavy (non-hydrogen) atoms. The molecule has 0 amide bonds. The van der Waals surface area contributed by atoms with E-state index in [2.05, 4.69) is 6.92 Å². The van der Waals surface area contributed by atoms with Crippen molar-refractivity contribution in [2.24, 2.45) is 0 Å². The number of esters is 2. The molecule has 0 aliphatic rings. The first-order valence-corrected chi connectivity index (χ1v) is 6.94. The van der Waals surface area contributed by atoms with Gasteiger partial charge in [-0.3, -0.25) is 0 Å². The molecule has 1 aromatic rings. The minimum Gasteiger partial charge on any atom is -0.463 e. The molecule has 0 aliphatic carbocycles. The van der Waals surface area contributed by atoms with Crippen LogP contribution in [0.4, 0.5) is 4.39 Å². The summed E-state index contributed by atoms with van der Waals surface area (Å²) in [5.41, 5.74) is 0. The molecular formula is C16H19FO4. The molecule has 1 aromatic carbocycles. The molecule has 0 saturated carbocycles. The monoisotopic (exact) mass is 294 g/mol. The van der Waals surface area contributed by atoms with Gasteiger partial charge in [0, 0.05) is 12.2 Å². The second-order valence-corrected chi connectivity index (χ2v) is 4.41. The molecule has 0 N–H and O–H groups in total. The minimum absolute atomic E-state index is 0.180. The Labute approximate surface area is 123 Å². The van der Waals surface area contributed by atoms with Crippen molar-refractivity contribution in [3.63, 3.8) is 0 Å². The van der Waals surface area contributed by atoms with Gasteiger partial charge in [0.2, 0.25) is 0 Å². The van der Waals surface area contributed by atoms with Crippen LogP contribution >= 0.6 is 0 Å². The average Bonchev–Trinajstić information content (AvgIpc) is 2.47. The van der Waals surface area contributed by atoms with Crippen LogP contribution in [0.5, 0.6) is 5.75 Å². The number of hydrogen-bond acceptors (Lipinski definition) is 4. The van der Waals surface area contributed by atoms with Crippen LogP contribution in [-0.2, 0) is 14.3 Å². The first kappa shape index (κ1) is 16.9. The Kier molecular flexibility index (Phi) is 7.79. The lowest BCUT2D eigenvalue weighted by atomic mass is 10.2. The van der Waals surface area contributed by atoms with Crippen molar-refractivity contribution in [3.05, 3.63) is 42.2 Å². The maximum atomic E-state index is 13.2. The molecule has 5 heteroatoms. The van der Waals surface area contributed by atoms with Gasteiger partial charge in [-0.1, -0.05) is 38.3 Å². The van der Waals surface area contributed by atoms with E-state index in [9.17, 15) is 14.0 Å². The highest BCUT2D eigenvalue weighted by molar-refractivity contribution is 5.92. The molecule has 0 aromatic heterocycles. The lowest BCUT2D eigenvalue weighted by Crippen LogP contribution is -2.08. The summed E-state index contributed by atoms with van der Waals surface area (Å²) in [6.07, 6.45) is 5.90. The van der Waals surface area contributed by atoms with E-state index in [1.807, 2.05) is 0 Å². The van der Waals surface area contributed by atoms with Crippen LogP contribution in [0.1, 0.15) is 32.6 Å². The van der Waals surface area contributed by atoms with Gasteiger partial charge in [-0.05, 0) is 18.6 Å². The maximum Gasteiger partial charge on any atom is 0.336 e. The van der Waals surface area contributed by atoms with Gasteiger partial charge < -0.3 is 9.47 Å². The van der Waals surface area contributed by atoms with E-state index in [4.69, 9.17) is 9.47 Å². The highest BCUT2D eigenvalue weighted by Gasteiger charge is 2.06. The summed E-state index contributed by atoms with van der Waals surface area (Å²) in [6, 6.07) is 5.53. The summed E-state index contributed by atoms with van der Waals surface area (Å²) in [7, 11) is 0. The molecule has 0 spiro atoms. The molecule has 114 valence electrons. The SMILES string of the molecule is CCCCCCOC(=O)/C=C/C(=O)Oc1ccccc1F. The first-order valence-electron chi connectivity index (χ1n) is 6.94. The third-order valence-corrected chi connectivity index (χ3v) is 2.64. The van der Waals surface area contributed by atoms with Crippen molar-refractivity contribution in [1.82, 2.24) is 0 Å². The molecule has 0 unspecified atom stereocenters. The predicted octanol–water partition coefficient (Wildman–Crippen LogP) is 3.41. The normalized spacial score (nSPS) is 10.6. The fourth-order valence-electron chi connectivity index (χ4n) is 1.56. The molecular weight excluding hydrogens is 275 g/mol. The number of unbranched alkanes of at least 4 members (excludes halogenated alkanes) is 3. The van der Waals surface area contributed by atoms with Gasteiger partial charge in [0.05, 0.1) is 6.61 Å². The van der Waals surface area contributed by atoms with Crippen LogP contribution in [-0.4, -0.2) is 18.5 Å². The predicted molar refractivity (Wildman–Crippen MR) is 76.3 cm³/mol. The Morgan fingerprint density at radius 2 is 1.81 bits per heavy atom. The summed E-state index contributed by atoms with van der Waals surface area (Å²) in [5.74, 6) is -2.27. The molecule has 0 heterocycles. The van der Waals surface area contributed by atoms with Crippen molar-refractivity contribution >= 4 is 11.9 Å². The summed E-state index contributed by atoms with van der Waals surface area (Å²) < 4.78 is 22.9. The highest BCUT2D eigenvalue weighted by Crippen LogP contribution is 2.15. The Morgan fingerprint density at radius 1 is 1.10 bits per heavy atom. The number of para-hydroxylation sites is 1. The Morgan fingerprint density at radius 3 is 2.52 bits per heavy atom. The zero-order chi connectivity index (χ0) is 15.5. The van der Waals surface area contributed by atoms with E-state index in [0.717, 1.165) is 37.8 Å². The zero-order valence-electron chi connectivity index (χ0n) is 12.0. The number of hydrogen-bond donors (Lipinski definition) is 0. The van der Waals surface area contributed by atoms with Gasteiger partial charge >= 0.3 is 11.9 Å². The van der Waals surface area contributed by atoms with E-state index >= 15 is 0 Å². The van der Waals surface area contributed by atoms with Crippen molar-refractivity contribution in [2.75, 3.05) is 6.61 Å². The smallest absolute Gasteiger partial charge is 0.336 e. The number of ether oxygens (including phenoxy) is 2. The van der Waals surface area contributed by atoms with E-state index in [-0.39, 0.29) is 5.75 Å². The fourth-order valence-corrected chi connectivity index (χ4v) is 1.56. The van der Waals surface area contributed by atoms with Crippen LogP contribution in [0.3, 0.4) is 0 Å². The second kappa shape index (κ2) is 9.69. The lowest BCUT2D eigenvalue weighted by molar-refractivity contribution is -0.138. The van der Waals surface area contributed by atoms with Crippen molar-refractivity contribution in [1.29, 1.82) is 0 Å². The molecule has 0 radical (unpaired) electrons. The number of carbonyl (C=O) groups is 2. The molecule has 0 aliphatic heterocycles. The molecule has 1 rings (SSSR count). The highest BCUT2D eigenvalue weighted by atomic mass is 19.1. The molecule has 0 atom stereocenters. The maximum absolute atomic E-state index is 13.2. The lowest BCUT2D eigenvalue weighted by Gasteiger charge is -2.02. The van der Waals surface area contributed by atoms with Gasteiger partial charge in [-0.2, -0.15) is 0 Å². The Hall–Kier alpha value is -2.17. The van der Waals surface area contributed by atoms with Crippen molar-refractivity contribution < 1.29 is 23.5 Å². The largest absolute Gasteiger partial charge is 0.463 e. The minimum atomic E-state index is -0.831. The van der Waals surface area contributed by atoms with Crippen LogP contribution in [0.15, 0.2) is 36.4 Å². The summed E-state index contributed by atoms with van der Waals surface area (Å²) >= 11 is 0. The number of carbonyl (C=O) groups excluding carboxylic acids is 2. The van der Waals surface area contributed by atoms with E-state index in [1.165, 1.54) is 18.2 Å². The van der Waals surface area contributed by atoms with E-state index < -0.39 is 17.8 Å². The average molecular weight is 294 g/mol. The number of halogens is 1. The van der Waals surface area contributed by atoms with E-state index in [0.29, 0.717) is 6.61 Å². The van der Waals surface area contributed by atoms with Crippen molar-refractivity contribution in [2.45, 2.75) is 32.6 Å². The third kappa shape index (κ3) is 7.25. The molecule has 4 nitrogen and oxygen atoms in total. The van der Waals surface area contributed by atoms with Crippen LogP contribution in [0.2, 0.25) is 0 Å². The van der Waals surface area contributed by atoms with Gasteiger partial charge in [-0.25, -0.2) is 14.0 Å². The first-order chi connectivity index (χ1) is 10.1. The van der Waals surface area contributed by atoms with Crippen LogP contribution < -0.4 is 4.74 Å². The Bertz CT molecular complexity index is 497. The quantitative estimate of drug-likeness (QED) is 0.319. The van der Waals surface area contributed by atoms with Gasteiger partial charge in [0.15, 0.2) is 11.6 Å². The molecule has 0 bridgehead atoms. The standard InChI is InChI=1S/C16H19FO4/c1-2-3-4-7-12-20-15(18)10-11-16(19)21-14-9-6-5-8-13(14)17/h5-6,8-11H,2-4,7,12H2,1H3/b11-10+. The zero-order valence-corrected chi connectivity index (χ0v) is 12.0. The van der Waals surface area contributed by atoms with Crippen LogP contribution in [0.25, 0.3) is 0 Å². The topological polar surface area (TPSA) is 52.6 Å². The summed E-state index contributed by atoms with van der Waals surface area (Å²) in [5, 5.41) is 0.